The Hall–Kier alpha value is -4.92. The molecular weight excluding hydrogens is 486 g/mol. The quantitative estimate of drug-likeness (QED) is 0.271. The van der Waals surface area contributed by atoms with Gasteiger partial charge in [0.2, 0.25) is 0 Å². The molecule has 9 heteroatoms. The van der Waals surface area contributed by atoms with Gasteiger partial charge in [-0.25, -0.2) is 4.79 Å². The molecule has 0 saturated heterocycles. The number of rotatable bonds is 8. The van der Waals surface area contributed by atoms with Gasteiger partial charge in [-0.15, -0.1) is 0 Å². The first-order valence-electron chi connectivity index (χ1n) is 12.0. The minimum atomic E-state index is -0.822. The van der Waals surface area contributed by atoms with Crippen molar-refractivity contribution in [1.29, 1.82) is 0 Å². The molecule has 4 rings (SSSR count). The van der Waals surface area contributed by atoms with Crippen molar-refractivity contribution < 1.29 is 28.3 Å². The maximum Gasteiger partial charge on any atom is 0.340 e. The van der Waals surface area contributed by atoms with Crippen LogP contribution in [0.2, 0.25) is 0 Å². The molecule has 2 aromatic carbocycles. The van der Waals surface area contributed by atoms with E-state index < -0.39 is 17.8 Å². The van der Waals surface area contributed by atoms with E-state index in [-0.39, 0.29) is 23.6 Å². The van der Waals surface area contributed by atoms with E-state index >= 15 is 0 Å². The molecule has 0 spiro atoms. The van der Waals surface area contributed by atoms with Gasteiger partial charge in [0.05, 0.1) is 24.8 Å². The average Bonchev–Trinajstić information content (AvgIpc) is 3.48. The molecule has 0 saturated carbocycles. The Morgan fingerprint density at radius 1 is 0.947 bits per heavy atom. The molecule has 2 heterocycles. The van der Waals surface area contributed by atoms with Gasteiger partial charge in [0.15, 0.2) is 0 Å². The monoisotopic (exact) mass is 513 g/mol. The lowest BCUT2D eigenvalue weighted by molar-refractivity contribution is -0.136. The number of allylic oxidation sites excluding steroid dienone is 1. The highest BCUT2D eigenvalue weighted by Crippen LogP contribution is 2.32. The van der Waals surface area contributed by atoms with Crippen molar-refractivity contribution in [2.24, 2.45) is 0 Å². The van der Waals surface area contributed by atoms with Gasteiger partial charge in [-0.2, -0.15) is 0 Å². The second-order valence-corrected chi connectivity index (χ2v) is 8.51. The van der Waals surface area contributed by atoms with Gasteiger partial charge in [0, 0.05) is 17.9 Å². The van der Waals surface area contributed by atoms with Crippen LogP contribution >= 0.6 is 0 Å². The molecule has 0 unspecified atom stereocenters. The number of furan rings is 1. The minimum absolute atomic E-state index is 0.0416. The molecule has 2 N–H and O–H groups in total. The summed E-state index contributed by atoms with van der Waals surface area (Å²) in [6.07, 6.45) is 2.10. The number of benzene rings is 2. The van der Waals surface area contributed by atoms with Crippen LogP contribution in [-0.2, 0) is 36.9 Å². The number of para-hydroxylation sites is 1. The van der Waals surface area contributed by atoms with E-state index in [9.17, 15) is 19.2 Å². The van der Waals surface area contributed by atoms with E-state index in [4.69, 9.17) is 9.15 Å². The fraction of sp³-hybridized carbons (Fsp3) is 0.172. The Bertz CT molecular complexity index is 1410. The van der Waals surface area contributed by atoms with Crippen LogP contribution in [0.15, 0.2) is 94.1 Å². The van der Waals surface area contributed by atoms with Gasteiger partial charge in [-0.05, 0) is 49.2 Å². The molecule has 3 amide bonds. The number of amides is 3. The van der Waals surface area contributed by atoms with Gasteiger partial charge in [-0.3, -0.25) is 14.4 Å². The van der Waals surface area contributed by atoms with E-state index in [1.807, 2.05) is 30.3 Å². The van der Waals surface area contributed by atoms with E-state index in [1.165, 1.54) is 13.2 Å². The molecule has 1 aromatic heterocycles. The van der Waals surface area contributed by atoms with Crippen LogP contribution in [0.25, 0.3) is 6.08 Å². The molecule has 0 atom stereocenters. The number of carbonyl (C=O) groups excluding carboxylic acids is 4. The lowest BCUT2D eigenvalue weighted by Gasteiger charge is -2.17. The zero-order valence-corrected chi connectivity index (χ0v) is 21.0. The molecule has 1 aliphatic rings. The molecule has 194 valence electrons. The molecule has 9 nitrogen and oxygen atoms in total. The maximum atomic E-state index is 13.3. The minimum Gasteiger partial charge on any atom is -0.465 e. The average molecular weight is 514 g/mol. The lowest BCUT2D eigenvalue weighted by Crippen LogP contribution is -2.34. The second kappa shape index (κ2) is 11.9. The van der Waals surface area contributed by atoms with Gasteiger partial charge in [0.25, 0.3) is 5.91 Å². The topological polar surface area (TPSA) is 118 Å². The first-order chi connectivity index (χ1) is 18.4. The molecule has 38 heavy (non-hydrogen) atoms. The Morgan fingerprint density at radius 2 is 1.63 bits per heavy atom. The fourth-order valence-electron chi connectivity index (χ4n) is 4.05. The van der Waals surface area contributed by atoms with Crippen molar-refractivity contribution in [3.63, 3.8) is 0 Å². The molecule has 3 aromatic rings. The SMILES string of the molecule is COC(=O)C1=C(C)N(CCc2ccccc2)C(=O)/C1=C\c1ccc(CNC(=O)C(=O)Nc2ccccc2)o1. The van der Waals surface area contributed by atoms with Crippen molar-refractivity contribution in [1.82, 2.24) is 10.2 Å². The standard InChI is InChI=1S/C29H27N3O6/c1-19-25(29(36)37-2)24(28(35)32(19)16-15-20-9-5-3-6-10-20)17-22-13-14-23(38-22)18-30-26(33)27(34)31-21-11-7-4-8-12-21/h3-14,17H,15-16,18H2,1-2H3,(H,30,33)(H,31,34)/b24-17-. The lowest BCUT2D eigenvalue weighted by atomic mass is 10.1. The van der Waals surface area contributed by atoms with Gasteiger partial charge in [0.1, 0.15) is 11.5 Å². The van der Waals surface area contributed by atoms with Crippen LogP contribution in [0.5, 0.6) is 0 Å². The summed E-state index contributed by atoms with van der Waals surface area (Å²) in [5.41, 5.74) is 2.42. The van der Waals surface area contributed by atoms with Crippen molar-refractivity contribution in [2.75, 3.05) is 19.0 Å². The normalized spacial score (nSPS) is 14.1. The molecule has 1 aliphatic heterocycles. The van der Waals surface area contributed by atoms with E-state index in [0.717, 1.165) is 5.56 Å². The maximum absolute atomic E-state index is 13.3. The zero-order chi connectivity index (χ0) is 27.1. The van der Waals surface area contributed by atoms with Crippen LogP contribution < -0.4 is 10.6 Å². The number of methoxy groups -OCH3 is 1. The predicted octanol–water partition coefficient (Wildman–Crippen LogP) is 3.45. The Labute approximate surface area is 219 Å². The highest BCUT2D eigenvalue weighted by Gasteiger charge is 2.37. The van der Waals surface area contributed by atoms with Crippen molar-refractivity contribution in [3.05, 3.63) is 107 Å². The zero-order valence-electron chi connectivity index (χ0n) is 21.0. The number of ether oxygens (including phenoxy) is 1. The Morgan fingerprint density at radius 3 is 2.32 bits per heavy atom. The number of nitrogens with zero attached hydrogens (tertiary/aromatic N) is 1. The highest BCUT2D eigenvalue weighted by molar-refractivity contribution is 6.39. The van der Waals surface area contributed by atoms with Gasteiger partial charge in [-0.1, -0.05) is 48.5 Å². The van der Waals surface area contributed by atoms with Crippen LogP contribution in [0.4, 0.5) is 5.69 Å². The number of nitrogens with one attached hydrogen (secondary N) is 2. The summed E-state index contributed by atoms with van der Waals surface area (Å²) in [7, 11) is 1.26. The summed E-state index contributed by atoms with van der Waals surface area (Å²) >= 11 is 0. The van der Waals surface area contributed by atoms with Crippen molar-refractivity contribution >= 4 is 35.5 Å². The number of hydrogen-bond donors (Lipinski definition) is 2. The van der Waals surface area contributed by atoms with Crippen LogP contribution in [0, 0.1) is 0 Å². The molecule has 0 aliphatic carbocycles. The summed E-state index contributed by atoms with van der Waals surface area (Å²) in [4.78, 5) is 51.6. The summed E-state index contributed by atoms with van der Waals surface area (Å²) < 4.78 is 10.7. The van der Waals surface area contributed by atoms with E-state index in [2.05, 4.69) is 10.6 Å². The number of hydrogen-bond acceptors (Lipinski definition) is 6. The van der Waals surface area contributed by atoms with Gasteiger partial charge < -0.3 is 24.7 Å². The molecule has 0 bridgehead atoms. The largest absolute Gasteiger partial charge is 0.465 e. The molecule has 0 fully saturated rings. The fourth-order valence-corrected chi connectivity index (χ4v) is 4.05. The molecule has 0 radical (unpaired) electrons. The smallest absolute Gasteiger partial charge is 0.340 e. The number of anilines is 1. The van der Waals surface area contributed by atoms with E-state index in [1.54, 1.807) is 54.3 Å². The second-order valence-electron chi connectivity index (χ2n) is 8.51. The Balaban J connectivity index is 1.44. The third-order valence-electron chi connectivity index (χ3n) is 6.00. The van der Waals surface area contributed by atoms with Crippen LogP contribution in [0.1, 0.15) is 24.0 Å². The molecular formula is C29H27N3O6. The first-order valence-corrected chi connectivity index (χ1v) is 12.0. The van der Waals surface area contributed by atoms with E-state index in [0.29, 0.717) is 35.9 Å². The van der Waals surface area contributed by atoms with Crippen LogP contribution in [0.3, 0.4) is 0 Å². The third kappa shape index (κ3) is 6.07. The summed E-state index contributed by atoms with van der Waals surface area (Å²) in [6, 6.07) is 21.6. The Kier molecular flexibility index (Phi) is 8.17. The van der Waals surface area contributed by atoms with Crippen molar-refractivity contribution in [2.45, 2.75) is 19.9 Å². The summed E-state index contributed by atoms with van der Waals surface area (Å²) in [5, 5.41) is 5.00. The van der Waals surface area contributed by atoms with Crippen LogP contribution in [-0.4, -0.2) is 42.2 Å². The highest BCUT2D eigenvalue weighted by atomic mass is 16.5. The van der Waals surface area contributed by atoms with Crippen molar-refractivity contribution in [3.8, 4) is 0 Å². The first kappa shape index (κ1) is 26.2. The summed E-state index contributed by atoms with van der Waals surface area (Å²) in [5.74, 6) is -1.90. The third-order valence-corrected chi connectivity index (χ3v) is 6.00. The number of esters is 1. The van der Waals surface area contributed by atoms with Gasteiger partial charge >= 0.3 is 17.8 Å². The predicted molar refractivity (Wildman–Crippen MR) is 140 cm³/mol. The summed E-state index contributed by atoms with van der Waals surface area (Å²) in [6.45, 7) is 2.06. The number of carbonyl (C=O) groups is 4.